The topological polar surface area (TPSA) is 69.2 Å². The van der Waals surface area contributed by atoms with Crippen LogP contribution in [0.2, 0.25) is 0 Å². The Morgan fingerprint density at radius 2 is 1.85 bits per heavy atom. The van der Waals surface area contributed by atoms with Gasteiger partial charge in [0.1, 0.15) is 0 Å². The molecular formula is C19H37N5O2. The summed E-state index contributed by atoms with van der Waals surface area (Å²) in [6.07, 6.45) is 4.24. The summed E-state index contributed by atoms with van der Waals surface area (Å²) < 4.78 is 5.07. The molecule has 0 radical (unpaired) electrons. The molecule has 2 rings (SSSR count). The fourth-order valence-electron chi connectivity index (χ4n) is 3.65. The first-order chi connectivity index (χ1) is 12.5. The number of amides is 1. The number of aliphatic imine (C=N–C) groups is 1. The van der Waals surface area contributed by atoms with Gasteiger partial charge in [0.15, 0.2) is 5.96 Å². The molecule has 0 saturated carbocycles. The Kier molecular flexibility index (Phi) is 8.48. The van der Waals surface area contributed by atoms with Gasteiger partial charge in [0.25, 0.3) is 0 Å². The second kappa shape index (κ2) is 10.6. The molecule has 2 saturated heterocycles. The fraction of sp³-hybridized carbons (Fsp3) is 0.895. The van der Waals surface area contributed by atoms with Crippen molar-refractivity contribution in [1.29, 1.82) is 0 Å². The number of hydrogen-bond acceptors (Lipinski definition) is 4. The van der Waals surface area contributed by atoms with Crippen LogP contribution < -0.4 is 10.6 Å². The predicted octanol–water partition coefficient (Wildman–Crippen LogP) is 1.89. The van der Waals surface area contributed by atoms with Crippen LogP contribution in [-0.2, 0) is 4.74 Å². The highest BCUT2D eigenvalue weighted by Gasteiger charge is 2.24. The van der Waals surface area contributed by atoms with Crippen LogP contribution in [0.4, 0.5) is 4.79 Å². The van der Waals surface area contributed by atoms with Crippen LogP contribution in [0.25, 0.3) is 0 Å². The molecule has 0 aliphatic carbocycles. The maximum atomic E-state index is 11.8. The molecule has 1 unspecified atom stereocenters. The number of piperidine rings is 2. The summed E-state index contributed by atoms with van der Waals surface area (Å²) in [6, 6.07) is 0.852. The monoisotopic (exact) mass is 367 g/mol. The average molecular weight is 368 g/mol. The second-order valence-electron chi connectivity index (χ2n) is 7.63. The Bertz CT molecular complexity index is 455. The van der Waals surface area contributed by atoms with Crippen LogP contribution in [0, 0.1) is 5.92 Å². The molecule has 0 aromatic heterocycles. The Labute approximate surface area is 158 Å². The molecular weight excluding hydrogens is 330 g/mol. The van der Waals surface area contributed by atoms with Crippen molar-refractivity contribution in [1.82, 2.24) is 20.4 Å². The van der Waals surface area contributed by atoms with Crippen molar-refractivity contribution in [2.45, 2.75) is 58.5 Å². The molecule has 7 heteroatoms. The lowest BCUT2D eigenvalue weighted by atomic mass is 9.98. The minimum absolute atomic E-state index is 0.196. The van der Waals surface area contributed by atoms with E-state index < -0.39 is 0 Å². The van der Waals surface area contributed by atoms with Gasteiger partial charge in [-0.25, -0.2) is 4.79 Å². The molecule has 2 heterocycles. The Morgan fingerprint density at radius 1 is 1.19 bits per heavy atom. The predicted molar refractivity (Wildman–Crippen MR) is 106 cm³/mol. The zero-order valence-corrected chi connectivity index (χ0v) is 17.0. The van der Waals surface area contributed by atoms with Gasteiger partial charge in [-0.05, 0) is 58.5 Å². The largest absolute Gasteiger partial charge is 0.450 e. The van der Waals surface area contributed by atoms with Crippen molar-refractivity contribution in [2.75, 3.05) is 46.4 Å². The first-order valence-electron chi connectivity index (χ1n) is 10.2. The van der Waals surface area contributed by atoms with E-state index in [1.54, 1.807) is 4.90 Å². The zero-order chi connectivity index (χ0) is 18.9. The molecule has 2 N–H and O–H groups in total. The van der Waals surface area contributed by atoms with Crippen molar-refractivity contribution in [3.05, 3.63) is 0 Å². The molecule has 0 spiro atoms. The fourth-order valence-corrected chi connectivity index (χ4v) is 3.65. The lowest BCUT2D eigenvalue weighted by Gasteiger charge is -2.35. The Morgan fingerprint density at radius 3 is 2.42 bits per heavy atom. The third-order valence-corrected chi connectivity index (χ3v) is 5.59. The van der Waals surface area contributed by atoms with Crippen LogP contribution in [0.1, 0.15) is 46.5 Å². The van der Waals surface area contributed by atoms with E-state index in [2.05, 4.69) is 34.4 Å². The maximum absolute atomic E-state index is 11.8. The van der Waals surface area contributed by atoms with Crippen LogP contribution in [0.3, 0.4) is 0 Å². The number of ether oxygens (including phenoxy) is 1. The van der Waals surface area contributed by atoms with E-state index in [0.717, 1.165) is 44.4 Å². The summed E-state index contributed by atoms with van der Waals surface area (Å²) in [5, 5.41) is 6.98. The second-order valence-corrected chi connectivity index (χ2v) is 7.63. The van der Waals surface area contributed by atoms with Crippen LogP contribution >= 0.6 is 0 Å². The Hall–Kier alpha value is -1.50. The molecule has 0 aromatic carbocycles. The third kappa shape index (κ3) is 6.34. The molecule has 2 fully saturated rings. The highest BCUT2D eigenvalue weighted by atomic mass is 16.6. The van der Waals surface area contributed by atoms with Gasteiger partial charge in [-0.2, -0.15) is 0 Å². The van der Waals surface area contributed by atoms with Gasteiger partial charge < -0.3 is 20.3 Å². The SMILES string of the molecule is CCOC(=O)N1CCC(NC(=NC)NCC(C)N2CCC(C)CC2)CC1. The van der Waals surface area contributed by atoms with Crippen LogP contribution in [-0.4, -0.2) is 80.3 Å². The van der Waals surface area contributed by atoms with E-state index >= 15 is 0 Å². The normalized spacial score (nSPS) is 22.2. The molecule has 26 heavy (non-hydrogen) atoms. The molecule has 2 aliphatic rings. The third-order valence-electron chi connectivity index (χ3n) is 5.59. The quantitative estimate of drug-likeness (QED) is 0.574. The first-order valence-corrected chi connectivity index (χ1v) is 10.2. The zero-order valence-electron chi connectivity index (χ0n) is 17.0. The number of nitrogens with zero attached hydrogens (tertiary/aromatic N) is 3. The highest BCUT2D eigenvalue weighted by Crippen LogP contribution is 2.17. The van der Waals surface area contributed by atoms with Crippen LogP contribution in [0.5, 0.6) is 0 Å². The van der Waals surface area contributed by atoms with Crippen LogP contribution in [0.15, 0.2) is 4.99 Å². The summed E-state index contributed by atoms with van der Waals surface area (Å²) >= 11 is 0. The number of hydrogen-bond donors (Lipinski definition) is 2. The van der Waals surface area contributed by atoms with Gasteiger partial charge in [-0.1, -0.05) is 6.92 Å². The average Bonchev–Trinajstić information content (AvgIpc) is 2.66. The van der Waals surface area contributed by atoms with Gasteiger partial charge in [0.05, 0.1) is 6.61 Å². The van der Waals surface area contributed by atoms with Crippen molar-refractivity contribution in [3.8, 4) is 0 Å². The Balaban J connectivity index is 1.69. The smallest absolute Gasteiger partial charge is 0.409 e. The van der Waals surface area contributed by atoms with E-state index in [0.29, 0.717) is 18.7 Å². The van der Waals surface area contributed by atoms with Gasteiger partial charge in [-0.3, -0.25) is 9.89 Å². The van der Waals surface area contributed by atoms with Gasteiger partial charge >= 0.3 is 6.09 Å². The van der Waals surface area contributed by atoms with Crippen molar-refractivity contribution in [2.24, 2.45) is 10.9 Å². The summed E-state index contributed by atoms with van der Waals surface area (Å²) in [6.45, 7) is 11.7. The molecule has 150 valence electrons. The van der Waals surface area contributed by atoms with Crippen molar-refractivity contribution in [3.63, 3.8) is 0 Å². The van der Waals surface area contributed by atoms with E-state index in [-0.39, 0.29) is 6.09 Å². The summed E-state index contributed by atoms with van der Waals surface area (Å²) in [7, 11) is 1.82. The number of nitrogens with one attached hydrogen (secondary N) is 2. The standard InChI is InChI=1S/C19H37N5O2/c1-5-26-19(25)24-12-8-17(9-13-24)22-18(20-4)21-14-16(3)23-10-6-15(2)7-11-23/h15-17H,5-14H2,1-4H3,(H2,20,21,22). The number of carbonyl (C=O) groups is 1. The lowest BCUT2D eigenvalue weighted by molar-refractivity contribution is 0.0962. The van der Waals surface area contributed by atoms with Crippen molar-refractivity contribution < 1.29 is 9.53 Å². The van der Waals surface area contributed by atoms with Gasteiger partial charge in [0, 0.05) is 38.8 Å². The number of likely N-dealkylation sites (tertiary alicyclic amines) is 2. The summed E-state index contributed by atoms with van der Waals surface area (Å²) in [4.78, 5) is 20.5. The molecule has 2 aliphatic heterocycles. The lowest BCUT2D eigenvalue weighted by Crippen LogP contribution is -2.52. The van der Waals surface area contributed by atoms with Gasteiger partial charge in [0.2, 0.25) is 0 Å². The van der Waals surface area contributed by atoms with E-state index in [1.807, 2.05) is 14.0 Å². The summed E-state index contributed by atoms with van der Waals surface area (Å²) in [5.41, 5.74) is 0. The first kappa shape index (κ1) is 20.8. The molecule has 1 atom stereocenters. The number of rotatable bonds is 5. The van der Waals surface area contributed by atoms with E-state index in [1.165, 1.54) is 25.9 Å². The minimum atomic E-state index is -0.196. The molecule has 7 nitrogen and oxygen atoms in total. The number of carbonyl (C=O) groups excluding carboxylic acids is 1. The highest BCUT2D eigenvalue weighted by molar-refractivity contribution is 5.80. The van der Waals surface area contributed by atoms with E-state index in [4.69, 9.17) is 4.74 Å². The maximum Gasteiger partial charge on any atom is 0.409 e. The molecule has 0 bridgehead atoms. The minimum Gasteiger partial charge on any atom is -0.450 e. The molecule has 0 aromatic rings. The summed E-state index contributed by atoms with van der Waals surface area (Å²) in [5.74, 6) is 1.72. The van der Waals surface area contributed by atoms with E-state index in [9.17, 15) is 4.79 Å². The number of guanidine groups is 1. The molecule has 1 amide bonds. The van der Waals surface area contributed by atoms with Crippen molar-refractivity contribution >= 4 is 12.1 Å². The van der Waals surface area contributed by atoms with Gasteiger partial charge in [-0.15, -0.1) is 0 Å².